The highest BCUT2D eigenvalue weighted by molar-refractivity contribution is 5.26. The lowest BCUT2D eigenvalue weighted by Crippen LogP contribution is -2.35. The molecular weight excluding hydrogens is 200 g/mol. The van der Waals surface area contributed by atoms with Gasteiger partial charge < -0.3 is 10.2 Å². The fourth-order valence-electron chi connectivity index (χ4n) is 1.65. The molecule has 1 aromatic heterocycles. The molecule has 1 heterocycles. The third-order valence-corrected chi connectivity index (χ3v) is 2.60. The van der Waals surface area contributed by atoms with Crippen molar-refractivity contribution < 1.29 is 0 Å². The van der Waals surface area contributed by atoms with Crippen LogP contribution in [0.1, 0.15) is 26.5 Å². The molecule has 0 fully saturated rings. The van der Waals surface area contributed by atoms with Crippen LogP contribution in [-0.2, 0) is 0 Å². The van der Waals surface area contributed by atoms with Crippen molar-refractivity contribution in [3.63, 3.8) is 0 Å². The predicted octanol–water partition coefficient (Wildman–Crippen LogP) is 1.93. The Morgan fingerprint density at radius 3 is 2.62 bits per heavy atom. The van der Waals surface area contributed by atoms with E-state index in [1.807, 2.05) is 13.0 Å². The van der Waals surface area contributed by atoms with Crippen molar-refractivity contribution >= 4 is 5.95 Å². The monoisotopic (exact) mass is 222 g/mol. The van der Waals surface area contributed by atoms with E-state index in [1.54, 1.807) is 6.20 Å². The Bertz CT molecular complexity index is 310. The van der Waals surface area contributed by atoms with Gasteiger partial charge in [-0.15, -0.1) is 0 Å². The van der Waals surface area contributed by atoms with Crippen LogP contribution < -0.4 is 5.32 Å². The predicted molar refractivity (Wildman–Crippen MR) is 67.6 cm³/mol. The molecule has 1 rings (SSSR count). The fourth-order valence-corrected chi connectivity index (χ4v) is 1.65. The van der Waals surface area contributed by atoms with E-state index in [1.165, 1.54) is 0 Å². The van der Waals surface area contributed by atoms with Crippen molar-refractivity contribution in [2.45, 2.75) is 33.7 Å². The van der Waals surface area contributed by atoms with Gasteiger partial charge in [-0.1, -0.05) is 13.8 Å². The Kier molecular flexibility index (Phi) is 5.19. The molecule has 0 spiro atoms. The van der Waals surface area contributed by atoms with Gasteiger partial charge in [-0.2, -0.15) is 0 Å². The second-order valence-electron chi connectivity index (χ2n) is 4.05. The Labute approximate surface area is 98.1 Å². The average Bonchev–Trinajstić information content (AvgIpc) is 2.26. The summed E-state index contributed by atoms with van der Waals surface area (Å²) in [4.78, 5) is 10.9. The zero-order valence-corrected chi connectivity index (χ0v) is 10.7. The maximum Gasteiger partial charge on any atom is 0.223 e. The molecule has 1 unspecified atom stereocenters. The molecular formula is C12H22N4. The second kappa shape index (κ2) is 6.43. The third kappa shape index (κ3) is 4.14. The number of rotatable bonds is 6. The van der Waals surface area contributed by atoms with Crippen LogP contribution in [-0.4, -0.2) is 40.5 Å². The largest absolute Gasteiger partial charge is 0.350 e. The minimum absolute atomic E-state index is 0.363. The first-order valence-electron chi connectivity index (χ1n) is 5.94. The van der Waals surface area contributed by atoms with Gasteiger partial charge in [0.15, 0.2) is 0 Å². The van der Waals surface area contributed by atoms with E-state index in [0.29, 0.717) is 6.04 Å². The SMILES string of the molecule is CCN(CC)CC(C)Nc1nccc(C)n1. The van der Waals surface area contributed by atoms with Gasteiger partial charge in [0, 0.05) is 24.5 Å². The van der Waals surface area contributed by atoms with Gasteiger partial charge in [-0.05, 0) is 33.0 Å². The summed E-state index contributed by atoms with van der Waals surface area (Å²) in [5.41, 5.74) is 0.993. The first-order valence-corrected chi connectivity index (χ1v) is 5.94. The molecule has 1 atom stereocenters. The molecule has 0 aromatic carbocycles. The second-order valence-corrected chi connectivity index (χ2v) is 4.05. The van der Waals surface area contributed by atoms with Crippen molar-refractivity contribution in [1.82, 2.24) is 14.9 Å². The number of aromatic nitrogens is 2. The van der Waals surface area contributed by atoms with E-state index < -0.39 is 0 Å². The maximum absolute atomic E-state index is 4.33. The molecule has 90 valence electrons. The lowest BCUT2D eigenvalue weighted by atomic mass is 10.3. The van der Waals surface area contributed by atoms with Crippen LogP contribution in [0.25, 0.3) is 0 Å². The molecule has 0 amide bonds. The molecule has 0 aliphatic carbocycles. The van der Waals surface area contributed by atoms with Gasteiger partial charge in [-0.25, -0.2) is 9.97 Å². The topological polar surface area (TPSA) is 41.0 Å². The highest BCUT2D eigenvalue weighted by Crippen LogP contribution is 2.02. The lowest BCUT2D eigenvalue weighted by Gasteiger charge is -2.23. The molecule has 0 saturated carbocycles. The zero-order chi connectivity index (χ0) is 12.0. The molecule has 1 N–H and O–H groups in total. The van der Waals surface area contributed by atoms with Crippen molar-refractivity contribution in [1.29, 1.82) is 0 Å². The number of nitrogens with zero attached hydrogens (tertiary/aromatic N) is 3. The quantitative estimate of drug-likeness (QED) is 0.798. The highest BCUT2D eigenvalue weighted by Gasteiger charge is 2.07. The summed E-state index contributed by atoms with van der Waals surface area (Å²) in [5, 5.41) is 3.32. The molecule has 16 heavy (non-hydrogen) atoms. The zero-order valence-electron chi connectivity index (χ0n) is 10.7. The number of nitrogens with one attached hydrogen (secondary N) is 1. The molecule has 4 nitrogen and oxygen atoms in total. The lowest BCUT2D eigenvalue weighted by molar-refractivity contribution is 0.294. The van der Waals surface area contributed by atoms with Gasteiger partial charge in [0.05, 0.1) is 0 Å². The van der Waals surface area contributed by atoms with Crippen molar-refractivity contribution in [2.24, 2.45) is 0 Å². The standard InChI is InChI=1S/C12H22N4/c1-5-16(6-2)9-11(4)15-12-13-8-7-10(3)14-12/h7-8,11H,5-6,9H2,1-4H3,(H,13,14,15). The number of hydrogen-bond donors (Lipinski definition) is 1. The molecule has 1 aromatic rings. The van der Waals surface area contributed by atoms with E-state index in [-0.39, 0.29) is 0 Å². The molecule has 0 radical (unpaired) electrons. The first kappa shape index (κ1) is 12.9. The van der Waals surface area contributed by atoms with E-state index in [4.69, 9.17) is 0 Å². The maximum atomic E-state index is 4.33. The van der Waals surface area contributed by atoms with Crippen LogP contribution in [0.5, 0.6) is 0 Å². The van der Waals surface area contributed by atoms with E-state index in [2.05, 4.69) is 41.0 Å². The summed E-state index contributed by atoms with van der Waals surface area (Å²) < 4.78 is 0. The van der Waals surface area contributed by atoms with E-state index >= 15 is 0 Å². The van der Waals surface area contributed by atoms with Gasteiger partial charge >= 0.3 is 0 Å². The Morgan fingerprint density at radius 2 is 2.06 bits per heavy atom. The third-order valence-electron chi connectivity index (χ3n) is 2.60. The fraction of sp³-hybridized carbons (Fsp3) is 0.667. The summed E-state index contributed by atoms with van der Waals surface area (Å²) in [6.07, 6.45) is 1.79. The van der Waals surface area contributed by atoms with Gasteiger partial charge in [0.1, 0.15) is 0 Å². The summed E-state index contributed by atoms with van der Waals surface area (Å²) >= 11 is 0. The van der Waals surface area contributed by atoms with Crippen molar-refractivity contribution in [2.75, 3.05) is 25.0 Å². The van der Waals surface area contributed by atoms with Crippen molar-refractivity contribution in [3.05, 3.63) is 18.0 Å². The summed E-state index contributed by atoms with van der Waals surface area (Å²) in [6, 6.07) is 2.27. The normalized spacial score (nSPS) is 12.8. The minimum Gasteiger partial charge on any atom is -0.350 e. The Morgan fingerprint density at radius 1 is 1.38 bits per heavy atom. The van der Waals surface area contributed by atoms with Crippen LogP contribution in [0.2, 0.25) is 0 Å². The molecule has 4 heteroatoms. The number of aryl methyl sites for hydroxylation is 1. The molecule has 0 bridgehead atoms. The molecule has 0 aliphatic heterocycles. The summed E-state index contributed by atoms with van der Waals surface area (Å²) in [5.74, 6) is 0.722. The van der Waals surface area contributed by atoms with Gasteiger partial charge in [-0.3, -0.25) is 0 Å². The minimum atomic E-state index is 0.363. The number of anilines is 1. The molecule has 0 saturated heterocycles. The summed E-state index contributed by atoms with van der Waals surface area (Å²) in [6.45, 7) is 11.7. The van der Waals surface area contributed by atoms with E-state index in [0.717, 1.165) is 31.3 Å². The van der Waals surface area contributed by atoms with Gasteiger partial charge in [0.25, 0.3) is 0 Å². The Hall–Kier alpha value is -1.16. The summed E-state index contributed by atoms with van der Waals surface area (Å²) in [7, 11) is 0. The number of hydrogen-bond acceptors (Lipinski definition) is 4. The smallest absolute Gasteiger partial charge is 0.223 e. The van der Waals surface area contributed by atoms with Crippen LogP contribution >= 0.6 is 0 Å². The van der Waals surface area contributed by atoms with Crippen LogP contribution in [0.15, 0.2) is 12.3 Å². The highest BCUT2D eigenvalue weighted by atomic mass is 15.2. The van der Waals surface area contributed by atoms with Crippen LogP contribution in [0, 0.1) is 6.92 Å². The van der Waals surface area contributed by atoms with Gasteiger partial charge in [0.2, 0.25) is 5.95 Å². The first-order chi connectivity index (χ1) is 7.65. The van der Waals surface area contributed by atoms with Crippen molar-refractivity contribution in [3.8, 4) is 0 Å². The Balaban J connectivity index is 2.47. The van der Waals surface area contributed by atoms with Crippen LogP contribution in [0.4, 0.5) is 5.95 Å². The average molecular weight is 222 g/mol. The van der Waals surface area contributed by atoms with E-state index in [9.17, 15) is 0 Å². The van der Waals surface area contributed by atoms with Crippen LogP contribution in [0.3, 0.4) is 0 Å². The molecule has 0 aliphatic rings. The number of likely N-dealkylation sites (N-methyl/N-ethyl adjacent to an activating group) is 1.